The SMILES string of the molecule is CCCc1nn(-c2cccc(C)c2)c(Cl)c1S(=O)(=O)Cl. The van der Waals surface area contributed by atoms with Crippen LogP contribution >= 0.6 is 22.3 Å². The van der Waals surface area contributed by atoms with Crippen LogP contribution in [0.4, 0.5) is 0 Å². The quantitative estimate of drug-likeness (QED) is 0.802. The van der Waals surface area contributed by atoms with E-state index in [2.05, 4.69) is 5.10 Å². The smallest absolute Gasteiger partial charge is 0.220 e. The maximum absolute atomic E-state index is 11.7. The van der Waals surface area contributed by atoms with E-state index in [4.69, 9.17) is 22.3 Å². The van der Waals surface area contributed by atoms with Gasteiger partial charge in [0, 0.05) is 10.7 Å². The molecule has 1 heterocycles. The van der Waals surface area contributed by atoms with Crippen molar-refractivity contribution in [2.45, 2.75) is 31.6 Å². The number of rotatable bonds is 4. The summed E-state index contributed by atoms with van der Waals surface area (Å²) >= 11 is 6.17. The molecule has 7 heteroatoms. The zero-order valence-corrected chi connectivity index (χ0v) is 13.4. The summed E-state index contributed by atoms with van der Waals surface area (Å²) < 4.78 is 24.8. The van der Waals surface area contributed by atoms with Crippen molar-refractivity contribution in [3.63, 3.8) is 0 Å². The third-order valence-corrected chi connectivity index (χ3v) is 4.67. The summed E-state index contributed by atoms with van der Waals surface area (Å²) in [4.78, 5) is -0.0933. The number of hydrogen-bond acceptors (Lipinski definition) is 3. The summed E-state index contributed by atoms with van der Waals surface area (Å²) in [6.07, 6.45) is 1.25. The van der Waals surface area contributed by atoms with Gasteiger partial charge in [-0.3, -0.25) is 0 Å². The fourth-order valence-electron chi connectivity index (χ4n) is 2.00. The van der Waals surface area contributed by atoms with Crippen LogP contribution in [0.2, 0.25) is 5.15 Å². The first-order valence-electron chi connectivity index (χ1n) is 6.13. The molecule has 0 aliphatic heterocycles. The Labute approximate surface area is 127 Å². The first-order chi connectivity index (χ1) is 9.34. The molecular weight excluding hydrogens is 319 g/mol. The topological polar surface area (TPSA) is 52.0 Å². The predicted octanol–water partition coefficient (Wildman–Crippen LogP) is 3.71. The molecular formula is C13H14Cl2N2O2S. The molecule has 0 aliphatic rings. The number of benzene rings is 1. The second kappa shape index (κ2) is 5.76. The number of halogens is 2. The van der Waals surface area contributed by atoms with Crippen LogP contribution < -0.4 is 0 Å². The molecule has 2 rings (SSSR count). The molecule has 0 unspecified atom stereocenters. The summed E-state index contributed by atoms with van der Waals surface area (Å²) in [6.45, 7) is 3.87. The minimum Gasteiger partial charge on any atom is -0.220 e. The van der Waals surface area contributed by atoms with Crippen molar-refractivity contribution >= 4 is 31.3 Å². The highest BCUT2D eigenvalue weighted by Gasteiger charge is 2.26. The van der Waals surface area contributed by atoms with E-state index < -0.39 is 9.05 Å². The largest absolute Gasteiger partial charge is 0.266 e. The molecule has 108 valence electrons. The maximum Gasteiger partial charge on any atom is 0.266 e. The molecule has 0 saturated heterocycles. The normalized spacial score (nSPS) is 11.8. The van der Waals surface area contributed by atoms with Gasteiger partial charge >= 0.3 is 0 Å². The average Bonchev–Trinajstić information content (AvgIpc) is 2.66. The van der Waals surface area contributed by atoms with Gasteiger partial charge in [0.25, 0.3) is 9.05 Å². The lowest BCUT2D eigenvalue weighted by atomic mass is 10.2. The highest BCUT2D eigenvalue weighted by molar-refractivity contribution is 8.13. The lowest BCUT2D eigenvalue weighted by Crippen LogP contribution is -1.97. The van der Waals surface area contributed by atoms with Gasteiger partial charge in [-0.05, 0) is 31.0 Å². The van der Waals surface area contributed by atoms with Crippen LogP contribution in [0.3, 0.4) is 0 Å². The van der Waals surface area contributed by atoms with Crippen molar-refractivity contribution in [3.05, 3.63) is 40.7 Å². The van der Waals surface area contributed by atoms with Crippen LogP contribution in [-0.2, 0) is 15.5 Å². The van der Waals surface area contributed by atoms with E-state index in [-0.39, 0.29) is 10.0 Å². The van der Waals surface area contributed by atoms with Gasteiger partial charge in [0.05, 0.1) is 11.4 Å². The van der Waals surface area contributed by atoms with Gasteiger partial charge in [-0.15, -0.1) is 0 Å². The standard InChI is InChI=1S/C13H14Cl2N2O2S/c1-3-5-11-12(20(15,18)19)13(14)17(16-11)10-7-4-6-9(2)8-10/h4,6-8H,3,5H2,1-2H3. The first-order valence-corrected chi connectivity index (χ1v) is 8.82. The van der Waals surface area contributed by atoms with Crippen molar-refractivity contribution in [3.8, 4) is 5.69 Å². The van der Waals surface area contributed by atoms with Gasteiger partial charge < -0.3 is 0 Å². The highest BCUT2D eigenvalue weighted by Crippen LogP contribution is 2.31. The molecule has 2 aromatic rings. The van der Waals surface area contributed by atoms with Crippen molar-refractivity contribution in [2.75, 3.05) is 0 Å². The Morgan fingerprint density at radius 3 is 2.60 bits per heavy atom. The zero-order valence-electron chi connectivity index (χ0n) is 11.1. The Hall–Kier alpha value is -1.04. The number of aryl methyl sites for hydroxylation is 2. The molecule has 4 nitrogen and oxygen atoms in total. The molecule has 0 atom stereocenters. The van der Waals surface area contributed by atoms with Crippen molar-refractivity contribution < 1.29 is 8.42 Å². The first kappa shape index (κ1) is 15.4. The summed E-state index contributed by atoms with van der Waals surface area (Å²) in [5.41, 5.74) is 2.13. The van der Waals surface area contributed by atoms with E-state index in [1.165, 1.54) is 4.68 Å². The van der Waals surface area contributed by atoms with Gasteiger partial charge in [0.1, 0.15) is 4.90 Å². The summed E-state index contributed by atoms with van der Waals surface area (Å²) in [7, 11) is 1.54. The molecule has 20 heavy (non-hydrogen) atoms. The van der Waals surface area contributed by atoms with Crippen LogP contribution in [-0.4, -0.2) is 18.2 Å². The molecule has 0 bridgehead atoms. The fraction of sp³-hybridized carbons (Fsp3) is 0.308. The van der Waals surface area contributed by atoms with Gasteiger partial charge in [-0.1, -0.05) is 37.1 Å². The number of aromatic nitrogens is 2. The Morgan fingerprint density at radius 2 is 2.05 bits per heavy atom. The Kier molecular flexibility index (Phi) is 4.42. The molecule has 1 aromatic carbocycles. The number of nitrogens with zero attached hydrogens (tertiary/aromatic N) is 2. The lowest BCUT2D eigenvalue weighted by Gasteiger charge is -2.03. The van der Waals surface area contributed by atoms with Crippen molar-refractivity contribution in [1.29, 1.82) is 0 Å². The second-order valence-electron chi connectivity index (χ2n) is 4.51. The monoisotopic (exact) mass is 332 g/mol. The van der Waals surface area contributed by atoms with E-state index in [0.717, 1.165) is 12.0 Å². The highest BCUT2D eigenvalue weighted by atomic mass is 35.7. The second-order valence-corrected chi connectivity index (χ2v) is 7.37. The molecule has 0 N–H and O–H groups in total. The molecule has 0 saturated carbocycles. The van der Waals surface area contributed by atoms with E-state index >= 15 is 0 Å². The fourth-order valence-corrected chi connectivity index (χ4v) is 3.86. The van der Waals surface area contributed by atoms with Crippen molar-refractivity contribution in [2.24, 2.45) is 0 Å². The molecule has 0 amide bonds. The minimum atomic E-state index is -3.93. The maximum atomic E-state index is 11.7. The third-order valence-electron chi connectivity index (χ3n) is 2.83. The van der Waals surface area contributed by atoms with E-state index in [0.29, 0.717) is 17.8 Å². The van der Waals surface area contributed by atoms with Gasteiger partial charge in [-0.2, -0.15) is 5.10 Å². The molecule has 0 spiro atoms. The predicted molar refractivity (Wildman–Crippen MR) is 80.3 cm³/mol. The van der Waals surface area contributed by atoms with Gasteiger partial charge in [0.15, 0.2) is 5.15 Å². The Balaban J connectivity index is 2.68. The molecule has 0 radical (unpaired) electrons. The molecule has 0 fully saturated rings. The summed E-state index contributed by atoms with van der Waals surface area (Å²) in [5.74, 6) is 0. The zero-order chi connectivity index (χ0) is 14.9. The third kappa shape index (κ3) is 3.00. The summed E-state index contributed by atoms with van der Waals surface area (Å²) in [5, 5.41) is 4.32. The van der Waals surface area contributed by atoms with Crippen LogP contribution in [0.1, 0.15) is 24.6 Å². The van der Waals surface area contributed by atoms with Crippen LogP contribution in [0.15, 0.2) is 29.2 Å². The lowest BCUT2D eigenvalue weighted by molar-refractivity contribution is 0.608. The number of hydrogen-bond donors (Lipinski definition) is 0. The molecule has 1 aromatic heterocycles. The Morgan fingerprint density at radius 1 is 1.35 bits per heavy atom. The van der Waals surface area contributed by atoms with Crippen LogP contribution in [0, 0.1) is 6.92 Å². The van der Waals surface area contributed by atoms with E-state index in [1.54, 1.807) is 0 Å². The average molecular weight is 333 g/mol. The molecule has 0 aliphatic carbocycles. The van der Waals surface area contributed by atoms with Crippen LogP contribution in [0.5, 0.6) is 0 Å². The van der Waals surface area contributed by atoms with Gasteiger partial charge in [0.2, 0.25) is 0 Å². The van der Waals surface area contributed by atoms with E-state index in [9.17, 15) is 8.42 Å². The van der Waals surface area contributed by atoms with Gasteiger partial charge in [-0.25, -0.2) is 13.1 Å². The van der Waals surface area contributed by atoms with Crippen molar-refractivity contribution in [1.82, 2.24) is 9.78 Å². The van der Waals surface area contributed by atoms with Crippen LogP contribution in [0.25, 0.3) is 5.69 Å². The Bertz CT molecular complexity index is 739. The minimum absolute atomic E-state index is 0.0223. The van der Waals surface area contributed by atoms with E-state index in [1.807, 2.05) is 38.1 Å². The summed E-state index contributed by atoms with van der Waals surface area (Å²) in [6, 6.07) is 7.48.